The van der Waals surface area contributed by atoms with Crippen LogP contribution in [0.15, 0.2) is 24.3 Å². The first kappa shape index (κ1) is 13.3. The number of aromatic nitrogens is 2. The van der Waals surface area contributed by atoms with Gasteiger partial charge in [-0.05, 0) is 31.9 Å². The van der Waals surface area contributed by atoms with Gasteiger partial charge in [-0.2, -0.15) is 0 Å². The SMILES string of the molecule is CCc1ccccc1Nc1nc(C)nc(NN)c1C. The van der Waals surface area contributed by atoms with E-state index in [2.05, 4.69) is 33.7 Å². The van der Waals surface area contributed by atoms with E-state index in [1.54, 1.807) is 0 Å². The summed E-state index contributed by atoms with van der Waals surface area (Å²) in [5, 5.41) is 3.36. The summed E-state index contributed by atoms with van der Waals surface area (Å²) in [5.41, 5.74) is 5.82. The second-order valence-corrected chi connectivity index (χ2v) is 4.37. The minimum absolute atomic E-state index is 0.643. The Morgan fingerprint density at radius 1 is 1.11 bits per heavy atom. The molecule has 1 aromatic heterocycles. The third-order valence-electron chi connectivity index (χ3n) is 3.05. The Kier molecular flexibility index (Phi) is 3.97. The number of aryl methyl sites for hydroxylation is 2. The van der Waals surface area contributed by atoms with E-state index in [0.717, 1.165) is 23.5 Å². The molecule has 0 radical (unpaired) electrons. The van der Waals surface area contributed by atoms with Gasteiger partial charge in [-0.3, -0.25) is 0 Å². The van der Waals surface area contributed by atoms with Crippen molar-refractivity contribution in [2.24, 2.45) is 5.84 Å². The molecule has 5 nitrogen and oxygen atoms in total. The number of para-hydroxylation sites is 1. The molecule has 1 aromatic carbocycles. The summed E-state index contributed by atoms with van der Waals surface area (Å²) in [5.74, 6) is 7.57. The third-order valence-corrected chi connectivity index (χ3v) is 3.05. The van der Waals surface area contributed by atoms with E-state index in [4.69, 9.17) is 5.84 Å². The van der Waals surface area contributed by atoms with Gasteiger partial charge in [0.05, 0.1) is 0 Å². The molecule has 2 aromatic rings. The maximum atomic E-state index is 5.47. The molecule has 19 heavy (non-hydrogen) atoms. The number of nitrogens with one attached hydrogen (secondary N) is 2. The highest BCUT2D eigenvalue weighted by molar-refractivity contribution is 5.66. The summed E-state index contributed by atoms with van der Waals surface area (Å²) in [6.45, 7) is 5.91. The Labute approximate surface area is 113 Å². The smallest absolute Gasteiger partial charge is 0.148 e. The standard InChI is InChI=1S/C14H19N5/c1-4-11-7-5-6-8-12(11)18-13-9(2)14(19-15)17-10(3)16-13/h5-8H,4,15H2,1-3H3,(H2,16,17,18,19). The first-order valence-electron chi connectivity index (χ1n) is 6.32. The molecule has 0 fully saturated rings. The number of anilines is 3. The van der Waals surface area contributed by atoms with Gasteiger partial charge >= 0.3 is 0 Å². The zero-order valence-electron chi connectivity index (χ0n) is 11.5. The number of hydrazine groups is 1. The highest BCUT2D eigenvalue weighted by Gasteiger charge is 2.09. The van der Waals surface area contributed by atoms with E-state index in [0.29, 0.717) is 11.6 Å². The number of rotatable bonds is 4. The number of nitrogens with zero attached hydrogens (tertiary/aromatic N) is 2. The lowest BCUT2D eigenvalue weighted by atomic mass is 10.1. The van der Waals surface area contributed by atoms with Gasteiger partial charge in [0.15, 0.2) is 0 Å². The van der Waals surface area contributed by atoms with Crippen LogP contribution < -0.4 is 16.6 Å². The first-order valence-corrected chi connectivity index (χ1v) is 6.32. The normalized spacial score (nSPS) is 10.3. The van der Waals surface area contributed by atoms with Crippen molar-refractivity contribution in [3.05, 3.63) is 41.2 Å². The molecule has 0 spiro atoms. The monoisotopic (exact) mass is 257 g/mol. The van der Waals surface area contributed by atoms with Crippen LogP contribution in [0, 0.1) is 13.8 Å². The van der Waals surface area contributed by atoms with Gasteiger partial charge in [-0.1, -0.05) is 25.1 Å². The molecule has 0 saturated carbocycles. The van der Waals surface area contributed by atoms with Gasteiger partial charge in [0, 0.05) is 11.3 Å². The average molecular weight is 257 g/mol. The fourth-order valence-corrected chi connectivity index (χ4v) is 1.97. The van der Waals surface area contributed by atoms with E-state index in [1.807, 2.05) is 32.0 Å². The van der Waals surface area contributed by atoms with Crippen molar-refractivity contribution in [2.45, 2.75) is 27.2 Å². The third kappa shape index (κ3) is 2.82. The zero-order valence-corrected chi connectivity index (χ0v) is 11.5. The number of hydrogen-bond donors (Lipinski definition) is 3. The highest BCUT2D eigenvalue weighted by Crippen LogP contribution is 2.25. The molecule has 1 heterocycles. The summed E-state index contributed by atoms with van der Waals surface area (Å²) >= 11 is 0. The lowest BCUT2D eigenvalue weighted by Crippen LogP contribution is -2.13. The Hall–Kier alpha value is -2.14. The minimum Gasteiger partial charge on any atom is -0.340 e. The first-order chi connectivity index (χ1) is 9.15. The van der Waals surface area contributed by atoms with E-state index in [1.165, 1.54) is 5.56 Å². The van der Waals surface area contributed by atoms with Crippen LogP contribution in [0.5, 0.6) is 0 Å². The molecule has 100 valence electrons. The van der Waals surface area contributed by atoms with E-state index in [9.17, 15) is 0 Å². The molecule has 0 atom stereocenters. The van der Waals surface area contributed by atoms with Crippen molar-refractivity contribution in [2.75, 3.05) is 10.7 Å². The largest absolute Gasteiger partial charge is 0.340 e. The van der Waals surface area contributed by atoms with Gasteiger partial charge in [-0.15, -0.1) is 0 Å². The van der Waals surface area contributed by atoms with Crippen LogP contribution in [-0.2, 0) is 6.42 Å². The maximum Gasteiger partial charge on any atom is 0.148 e. The number of nitrogens with two attached hydrogens (primary N) is 1. The molecule has 0 aliphatic carbocycles. The molecule has 0 amide bonds. The zero-order chi connectivity index (χ0) is 13.8. The summed E-state index contributed by atoms with van der Waals surface area (Å²) in [4.78, 5) is 8.68. The predicted molar refractivity (Wildman–Crippen MR) is 78.4 cm³/mol. The maximum absolute atomic E-state index is 5.47. The minimum atomic E-state index is 0.643. The molecule has 0 aliphatic rings. The molecule has 5 heteroatoms. The lowest BCUT2D eigenvalue weighted by Gasteiger charge is -2.14. The summed E-state index contributed by atoms with van der Waals surface area (Å²) in [7, 11) is 0. The van der Waals surface area contributed by atoms with Gasteiger partial charge in [0.25, 0.3) is 0 Å². The second-order valence-electron chi connectivity index (χ2n) is 4.37. The van der Waals surface area contributed by atoms with Crippen LogP contribution in [0.25, 0.3) is 0 Å². The summed E-state index contributed by atoms with van der Waals surface area (Å²) in [6, 6.07) is 8.20. The second kappa shape index (κ2) is 5.67. The van der Waals surface area contributed by atoms with Gasteiger partial charge in [-0.25, -0.2) is 15.8 Å². The lowest BCUT2D eigenvalue weighted by molar-refractivity contribution is 1.02. The van der Waals surface area contributed by atoms with Crippen LogP contribution in [0.3, 0.4) is 0 Å². The number of hydrogen-bond acceptors (Lipinski definition) is 5. The predicted octanol–water partition coefficient (Wildman–Crippen LogP) is 2.69. The topological polar surface area (TPSA) is 75.9 Å². The molecule has 0 aliphatic heterocycles. The van der Waals surface area contributed by atoms with Crippen LogP contribution in [-0.4, -0.2) is 9.97 Å². The van der Waals surface area contributed by atoms with Crippen molar-refractivity contribution >= 4 is 17.3 Å². The van der Waals surface area contributed by atoms with Gasteiger partial charge in [0.1, 0.15) is 17.5 Å². The van der Waals surface area contributed by atoms with Crippen LogP contribution >= 0.6 is 0 Å². The Morgan fingerprint density at radius 2 is 1.79 bits per heavy atom. The van der Waals surface area contributed by atoms with Gasteiger partial charge < -0.3 is 10.7 Å². The van der Waals surface area contributed by atoms with Crippen LogP contribution in [0.4, 0.5) is 17.3 Å². The molecular weight excluding hydrogens is 238 g/mol. The van der Waals surface area contributed by atoms with E-state index < -0.39 is 0 Å². The number of benzene rings is 1. The Bertz CT molecular complexity index is 580. The summed E-state index contributed by atoms with van der Waals surface area (Å²) < 4.78 is 0. The summed E-state index contributed by atoms with van der Waals surface area (Å²) in [6.07, 6.45) is 0.967. The van der Waals surface area contributed by atoms with Crippen molar-refractivity contribution in [3.63, 3.8) is 0 Å². The van der Waals surface area contributed by atoms with Crippen molar-refractivity contribution in [3.8, 4) is 0 Å². The van der Waals surface area contributed by atoms with Crippen LogP contribution in [0.1, 0.15) is 23.9 Å². The van der Waals surface area contributed by atoms with Gasteiger partial charge in [0.2, 0.25) is 0 Å². The molecule has 2 rings (SSSR count). The van der Waals surface area contributed by atoms with Crippen molar-refractivity contribution in [1.82, 2.24) is 9.97 Å². The molecule has 4 N–H and O–H groups in total. The van der Waals surface area contributed by atoms with Crippen molar-refractivity contribution < 1.29 is 0 Å². The van der Waals surface area contributed by atoms with Crippen molar-refractivity contribution in [1.29, 1.82) is 0 Å². The molecule has 0 saturated heterocycles. The highest BCUT2D eigenvalue weighted by atomic mass is 15.3. The van der Waals surface area contributed by atoms with Crippen LogP contribution in [0.2, 0.25) is 0 Å². The fraction of sp³-hybridized carbons (Fsp3) is 0.286. The molecule has 0 bridgehead atoms. The fourth-order valence-electron chi connectivity index (χ4n) is 1.97. The number of nitrogen functional groups attached to an aromatic ring is 1. The Balaban J connectivity index is 2.40. The quantitative estimate of drug-likeness (QED) is 0.580. The molecule has 0 unspecified atom stereocenters. The average Bonchev–Trinajstić information content (AvgIpc) is 2.43. The Morgan fingerprint density at radius 3 is 2.47 bits per heavy atom. The van der Waals surface area contributed by atoms with E-state index in [-0.39, 0.29) is 0 Å². The van der Waals surface area contributed by atoms with E-state index >= 15 is 0 Å². The molecular formula is C14H19N5.